The summed E-state index contributed by atoms with van der Waals surface area (Å²) >= 11 is 0. The van der Waals surface area contributed by atoms with Crippen LogP contribution in [-0.4, -0.2) is 62.0 Å². The molecule has 2 amide bonds. The van der Waals surface area contributed by atoms with E-state index in [9.17, 15) is 18.8 Å². The van der Waals surface area contributed by atoms with Crippen molar-refractivity contribution in [1.29, 1.82) is 0 Å². The third-order valence-corrected chi connectivity index (χ3v) is 7.22. The average molecular weight is 554 g/mol. The minimum atomic E-state index is -0.573. The van der Waals surface area contributed by atoms with Crippen molar-refractivity contribution in [2.24, 2.45) is 0 Å². The standard InChI is InChI=1S/C33H32FN3O4/c34-17-22-41-30-13-7-25(8-14-30)31(38)15-16-32(39)37-20-18-36(19-21-37)29-11-9-28(10-12-29)35-33(40)27-6-5-24-3-1-2-4-26(24)23-27/h1-14,23H,15-22H2,(H,35,40). The van der Waals surface area contributed by atoms with Crippen LogP contribution in [-0.2, 0) is 4.79 Å². The first-order valence-corrected chi connectivity index (χ1v) is 13.7. The molecule has 0 unspecified atom stereocenters. The highest BCUT2D eigenvalue weighted by atomic mass is 19.1. The first kappa shape index (κ1) is 27.8. The molecule has 5 rings (SSSR count). The summed E-state index contributed by atoms with van der Waals surface area (Å²) < 4.78 is 17.4. The number of hydrogen-bond acceptors (Lipinski definition) is 5. The molecular formula is C33H32FN3O4. The van der Waals surface area contributed by atoms with E-state index < -0.39 is 6.67 Å². The number of Topliss-reactive ketones (excluding diaryl/α,β-unsaturated/α-hetero) is 1. The Morgan fingerprint density at radius 2 is 1.44 bits per heavy atom. The first-order valence-electron chi connectivity index (χ1n) is 13.7. The number of ketones is 1. The lowest BCUT2D eigenvalue weighted by atomic mass is 10.1. The number of carbonyl (C=O) groups is 3. The third kappa shape index (κ3) is 7.08. The van der Waals surface area contributed by atoms with E-state index in [1.165, 1.54) is 0 Å². The number of ether oxygens (including phenoxy) is 1. The van der Waals surface area contributed by atoms with Crippen LogP contribution in [0.4, 0.5) is 15.8 Å². The molecule has 0 aromatic heterocycles. The molecule has 1 aliphatic heterocycles. The van der Waals surface area contributed by atoms with Crippen LogP contribution in [0.5, 0.6) is 5.75 Å². The van der Waals surface area contributed by atoms with E-state index >= 15 is 0 Å². The predicted molar refractivity (Wildman–Crippen MR) is 159 cm³/mol. The third-order valence-electron chi connectivity index (χ3n) is 7.22. The van der Waals surface area contributed by atoms with E-state index in [-0.39, 0.29) is 37.0 Å². The Morgan fingerprint density at radius 3 is 2.15 bits per heavy atom. The van der Waals surface area contributed by atoms with E-state index in [1.807, 2.05) is 66.7 Å². The summed E-state index contributed by atoms with van der Waals surface area (Å²) in [5, 5.41) is 5.07. The number of nitrogens with zero attached hydrogens (tertiary/aromatic N) is 2. The molecule has 1 saturated heterocycles. The maximum atomic E-state index is 12.8. The van der Waals surface area contributed by atoms with Crippen LogP contribution in [0.1, 0.15) is 33.6 Å². The van der Waals surface area contributed by atoms with Gasteiger partial charge in [0.1, 0.15) is 19.0 Å². The summed E-state index contributed by atoms with van der Waals surface area (Å²) in [7, 11) is 0. The van der Waals surface area contributed by atoms with E-state index in [2.05, 4.69) is 10.2 Å². The van der Waals surface area contributed by atoms with Crippen molar-refractivity contribution in [2.75, 3.05) is 49.7 Å². The zero-order valence-electron chi connectivity index (χ0n) is 22.7. The second-order valence-corrected chi connectivity index (χ2v) is 9.92. The number of benzene rings is 4. The molecule has 8 heteroatoms. The minimum absolute atomic E-state index is 0.0225. The smallest absolute Gasteiger partial charge is 0.255 e. The van der Waals surface area contributed by atoms with Crippen LogP contribution in [0.15, 0.2) is 91.0 Å². The molecular weight excluding hydrogens is 521 g/mol. The number of fused-ring (bicyclic) bond motifs is 1. The summed E-state index contributed by atoms with van der Waals surface area (Å²) in [5.74, 6) is 0.205. The topological polar surface area (TPSA) is 79.0 Å². The monoisotopic (exact) mass is 553 g/mol. The lowest BCUT2D eigenvalue weighted by molar-refractivity contribution is -0.131. The number of piperazine rings is 1. The Labute approximate surface area is 238 Å². The Hall–Kier alpha value is -4.72. The molecule has 1 fully saturated rings. The van der Waals surface area contributed by atoms with Crippen LogP contribution in [0.3, 0.4) is 0 Å². The Balaban J connectivity index is 1.07. The quantitative estimate of drug-likeness (QED) is 0.253. The van der Waals surface area contributed by atoms with Crippen LogP contribution in [0.2, 0.25) is 0 Å². The normalized spacial score (nSPS) is 13.2. The van der Waals surface area contributed by atoms with Gasteiger partial charge in [-0.1, -0.05) is 30.3 Å². The Morgan fingerprint density at radius 1 is 0.756 bits per heavy atom. The predicted octanol–water partition coefficient (Wildman–Crippen LogP) is 5.75. The fourth-order valence-corrected chi connectivity index (χ4v) is 4.92. The van der Waals surface area contributed by atoms with Crippen LogP contribution < -0.4 is 15.0 Å². The number of hydrogen-bond donors (Lipinski definition) is 1. The molecule has 0 radical (unpaired) electrons. The van der Waals surface area contributed by atoms with Crippen LogP contribution in [0.25, 0.3) is 10.8 Å². The van der Waals surface area contributed by atoms with Gasteiger partial charge in [-0.3, -0.25) is 14.4 Å². The van der Waals surface area contributed by atoms with Crippen molar-refractivity contribution in [1.82, 2.24) is 4.90 Å². The van der Waals surface area contributed by atoms with Crippen LogP contribution >= 0.6 is 0 Å². The Bertz CT molecular complexity index is 1510. The van der Waals surface area contributed by atoms with E-state index in [1.54, 1.807) is 29.2 Å². The van der Waals surface area contributed by atoms with E-state index in [4.69, 9.17) is 4.74 Å². The average Bonchev–Trinajstić information content (AvgIpc) is 3.03. The fraction of sp³-hybridized carbons (Fsp3) is 0.242. The molecule has 210 valence electrons. The highest BCUT2D eigenvalue weighted by molar-refractivity contribution is 6.06. The number of halogens is 1. The number of anilines is 2. The summed E-state index contributed by atoms with van der Waals surface area (Å²) in [4.78, 5) is 42.0. The molecule has 0 atom stereocenters. The highest BCUT2D eigenvalue weighted by Gasteiger charge is 2.22. The van der Waals surface area contributed by atoms with Gasteiger partial charge in [-0.2, -0.15) is 0 Å². The van der Waals surface area contributed by atoms with Crippen molar-refractivity contribution in [3.05, 3.63) is 102 Å². The van der Waals surface area contributed by atoms with Gasteiger partial charge in [-0.25, -0.2) is 4.39 Å². The van der Waals surface area contributed by atoms with Gasteiger partial charge in [0, 0.05) is 61.5 Å². The van der Waals surface area contributed by atoms with Crippen molar-refractivity contribution in [3.8, 4) is 5.75 Å². The first-order chi connectivity index (χ1) is 20.0. The maximum absolute atomic E-state index is 12.8. The highest BCUT2D eigenvalue weighted by Crippen LogP contribution is 2.22. The zero-order chi connectivity index (χ0) is 28.6. The molecule has 1 heterocycles. The number of nitrogens with one attached hydrogen (secondary N) is 1. The second-order valence-electron chi connectivity index (χ2n) is 9.92. The molecule has 41 heavy (non-hydrogen) atoms. The van der Waals surface area contributed by atoms with Gasteiger partial charge in [0.15, 0.2) is 5.78 Å². The number of amides is 2. The van der Waals surface area contributed by atoms with Crippen molar-refractivity contribution in [2.45, 2.75) is 12.8 Å². The van der Waals surface area contributed by atoms with Crippen molar-refractivity contribution < 1.29 is 23.5 Å². The molecule has 4 aromatic carbocycles. The molecule has 0 spiro atoms. The molecule has 0 aliphatic carbocycles. The maximum Gasteiger partial charge on any atom is 0.255 e. The molecule has 7 nitrogen and oxygen atoms in total. The summed E-state index contributed by atoms with van der Waals surface area (Å²) in [5.41, 5.74) is 2.85. The molecule has 0 saturated carbocycles. The Kier molecular flexibility index (Phi) is 8.89. The second kappa shape index (κ2) is 13.1. The zero-order valence-corrected chi connectivity index (χ0v) is 22.7. The van der Waals surface area contributed by atoms with Gasteiger partial charge in [0.25, 0.3) is 5.91 Å². The largest absolute Gasteiger partial charge is 0.491 e. The molecule has 1 N–H and O–H groups in total. The van der Waals surface area contributed by atoms with Crippen LogP contribution in [0, 0.1) is 0 Å². The van der Waals surface area contributed by atoms with Gasteiger partial charge in [0.2, 0.25) is 5.91 Å². The number of alkyl halides is 1. The number of carbonyl (C=O) groups excluding carboxylic acids is 3. The van der Waals surface area contributed by atoms with E-state index in [0.29, 0.717) is 48.7 Å². The number of rotatable bonds is 10. The van der Waals surface area contributed by atoms with Gasteiger partial charge < -0.3 is 19.9 Å². The van der Waals surface area contributed by atoms with Gasteiger partial charge >= 0.3 is 0 Å². The van der Waals surface area contributed by atoms with Gasteiger partial charge in [-0.15, -0.1) is 0 Å². The summed E-state index contributed by atoms with van der Waals surface area (Å²) in [6.07, 6.45) is 0.292. The lowest BCUT2D eigenvalue weighted by Gasteiger charge is -2.36. The SMILES string of the molecule is O=C(CCC(=O)N1CCN(c2ccc(NC(=O)c3ccc4ccccc4c3)cc2)CC1)c1ccc(OCCF)cc1. The van der Waals surface area contributed by atoms with Gasteiger partial charge in [0.05, 0.1) is 0 Å². The molecule has 1 aliphatic rings. The molecule has 0 bridgehead atoms. The summed E-state index contributed by atoms with van der Waals surface area (Å²) in [6.45, 7) is 1.93. The summed E-state index contributed by atoms with van der Waals surface area (Å²) in [6, 6.07) is 27.9. The van der Waals surface area contributed by atoms with Gasteiger partial charge in [-0.05, 0) is 71.4 Å². The minimum Gasteiger partial charge on any atom is -0.491 e. The van der Waals surface area contributed by atoms with Crippen molar-refractivity contribution in [3.63, 3.8) is 0 Å². The van der Waals surface area contributed by atoms with Crippen molar-refractivity contribution >= 4 is 39.7 Å². The lowest BCUT2D eigenvalue weighted by Crippen LogP contribution is -2.48. The van der Waals surface area contributed by atoms with E-state index in [0.717, 1.165) is 16.5 Å². The fourth-order valence-electron chi connectivity index (χ4n) is 4.92. The molecule has 4 aromatic rings.